The van der Waals surface area contributed by atoms with E-state index in [-0.39, 0.29) is 11.8 Å². The topological polar surface area (TPSA) is 59.0 Å². The number of rotatable bonds is 3. The van der Waals surface area contributed by atoms with Crippen LogP contribution in [0.2, 0.25) is 0 Å². The average molecular weight is 270 g/mol. The molecule has 104 valence electrons. The van der Waals surface area contributed by atoms with Gasteiger partial charge in [-0.2, -0.15) is 0 Å². The monoisotopic (exact) mass is 270 g/mol. The lowest BCUT2D eigenvalue weighted by Crippen LogP contribution is -2.28. The van der Waals surface area contributed by atoms with Gasteiger partial charge < -0.3 is 15.2 Å². The lowest BCUT2D eigenvalue weighted by Gasteiger charge is -2.16. The van der Waals surface area contributed by atoms with Crippen molar-refractivity contribution in [3.05, 3.63) is 43.0 Å². The van der Waals surface area contributed by atoms with Gasteiger partial charge >= 0.3 is 0 Å². The summed E-state index contributed by atoms with van der Waals surface area (Å²) < 4.78 is 1.89. The van der Waals surface area contributed by atoms with Gasteiger partial charge in [-0.1, -0.05) is 19.1 Å². The second-order valence-corrected chi connectivity index (χ2v) is 5.22. The number of nitrogens with zero attached hydrogens (tertiary/aromatic N) is 2. The third kappa shape index (κ3) is 2.44. The van der Waals surface area contributed by atoms with Gasteiger partial charge in [0.15, 0.2) is 0 Å². The van der Waals surface area contributed by atoms with E-state index >= 15 is 0 Å². The summed E-state index contributed by atoms with van der Waals surface area (Å²) >= 11 is 0. The predicted octanol–water partition coefficient (Wildman–Crippen LogP) is 1.67. The van der Waals surface area contributed by atoms with Gasteiger partial charge in [0.05, 0.1) is 23.6 Å². The van der Waals surface area contributed by atoms with E-state index in [0.29, 0.717) is 5.92 Å². The molecule has 5 nitrogen and oxygen atoms in total. The minimum Gasteiger partial charge on any atom is -0.324 e. The van der Waals surface area contributed by atoms with Crippen LogP contribution in [-0.4, -0.2) is 28.5 Å². The van der Waals surface area contributed by atoms with Crippen molar-refractivity contribution in [1.29, 1.82) is 0 Å². The number of aromatic nitrogens is 2. The number of imidazole rings is 1. The number of hydrogen-bond donors (Lipinski definition) is 2. The second kappa shape index (κ2) is 5.46. The van der Waals surface area contributed by atoms with Crippen LogP contribution in [0.15, 0.2) is 43.0 Å². The molecule has 0 spiro atoms. The molecule has 0 bridgehead atoms. The van der Waals surface area contributed by atoms with E-state index in [1.165, 1.54) is 0 Å². The Kier molecular flexibility index (Phi) is 3.52. The number of para-hydroxylation sites is 2. The zero-order valence-electron chi connectivity index (χ0n) is 11.4. The second-order valence-electron chi connectivity index (χ2n) is 5.22. The summed E-state index contributed by atoms with van der Waals surface area (Å²) in [6.45, 7) is 3.76. The average Bonchev–Trinajstić information content (AvgIpc) is 3.10. The molecular formula is C15H18N4O. The van der Waals surface area contributed by atoms with Crippen LogP contribution < -0.4 is 10.6 Å². The zero-order valence-corrected chi connectivity index (χ0v) is 11.4. The minimum atomic E-state index is 0.0332. The molecule has 1 aliphatic heterocycles. The Bertz CT molecular complexity index is 594. The van der Waals surface area contributed by atoms with Crippen molar-refractivity contribution in [2.75, 3.05) is 18.4 Å². The summed E-state index contributed by atoms with van der Waals surface area (Å²) in [5.41, 5.74) is 1.74. The van der Waals surface area contributed by atoms with Crippen LogP contribution in [0.4, 0.5) is 5.69 Å². The fourth-order valence-corrected chi connectivity index (χ4v) is 2.59. The third-order valence-corrected chi connectivity index (χ3v) is 3.80. The van der Waals surface area contributed by atoms with Crippen molar-refractivity contribution in [2.24, 2.45) is 11.8 Å². The van der Waals surface area contributed by atoms with Gasteiger partial charge in [-0.25, -0.2) is 4.98 Å². The molecule has 20 heavy (non-hydrogen) atoms. The maximum atomic E-state index is 12.4. The summed E-state index contributed by atoms with van der Waals surface area (Å²) in [4.78, 5) is 16.4. The quantitative estimate of drug-likeness (QED) is 0.892. The molecule has 0 radical (unpaired) electrons. The normalized spacial score (nSPS) is 21.9. The first-order chi connectivity index (χ1) is 9.75. The van der Waals surface area contributed by atoms with E-state index < -0.39 is 0 Å². The molecule has 0 aliphatic carbocycles. The molecule has 1 aliphatic rings. The Morgan fingerprint density at radius 2 is 2.25 bits per heavy atom. The van der Waals surface area contributed by atoms with Crippen LogP contribution in [0, 0.1) is 11.8 Å². The first-order valence-corrected chi connectivity index (χ1v) is 6.84. The summed E-state index contributed by atoms with van der Waals surface area (Å²) in [5, 5.41) is 6.30. The molecule has 1 aromatic carbocycles. The Balaban J connectivity index is 1.83. The van der Waals surface area contributed by atoms with E-state index in [9.17, 15) is 4.79 Å². The molecule has 2 heterocycles. The smallest absolute Gasteiger partial charge is 0.229 e. The number of benzene rings is 1. The van der Waals surface area contributed by atoms with Gasteiger partial charge in [0.2, 0.25) is 5.91 Å². The minimum absolute atomic E-state index is 0.0332. The molecule has 2 aromatic rings. The number of nitrogens with one attached hydrogen (secondary N) is 2. The van der Waals surface area contributed by atoms with Gasteiger partial charge in [0.1, 0.15) is 0 Å². The molecule has 0 saturated carbocycles. The van der Waals surface area contributed by atoms with Crippen LogP contribution >= 0.6 is 0 Å². The van der Waals surface area contributed by atoms with E-state index in [4.69, 9.17) is 0 Å². The Morgan fingerprint density at radius 1 is 1.40 bits per heavy atom. The molecular weight excluding hydrogens is 252 g/mol. The predicted molar refractivity (Wildman–Crippen MR) is 77.7 cm³/mol. The van der Waals surface area contributed by atoms with E-state index in [1.54, 1.807) is 12.5 Å². The first-order valence-electron chi connectivity index (χ1n) is 6.84. The molecule has 1 amide bonds. The fraction of sp³-hybridized carbons (Fsp3) is 0.333. The molecule has 2 unspecified atom stereocenters. The molecule has 2 atom stereocenters. The molecule has 1 fully saturated rings. The van der Waals surface area contributed by atoms with Crippen molar-refractivity contribution < 1.29 is 4.79 Å². The molecule has 1 aromatic heterocycles. The lowest BCUT2D eigenvalue weighted by atomic mass is 9.97. The maximum Gasteiger partial charge on any atom is 0.229 e. The van der Waals surface area contributed by atoms with Gasteiger partial charge in [0.25, 0.3) is 0 Å². The molecule has 3 rings (SSSR count). The van der Waals surface area contributed by atoms with Crippen LogP contribution in [0.3, 0.4) is 0 Å². The van der Waals surface area contributed by atoms with Crippen molar-refractivity contribution >= 4 is 11.6 Å². The fourth-order valence-electron chi connectivity index (χ4n) is 2.59. The van der Waals surface area contributed by atoms with E-state index in [0.717, 1.165) is 24.5 Å². The maximum absolute atomic E-state index is 12.4. The molecule has 2 N–H and O–H groups in total. The van der Waals surface area contributed by atoms with Gasteiger partial charge in [-0.15, -0.1) is 0 Å². The largest absolute Gasteiger partial charge is 0.324 e. The van der Waals surface area contributed by atoms with Gasteiger partial charge in [-0.3, -0.25) is 4.79 Å². The standard InChI is InChI=1S/C15H18N4O/c1-11-8-17-9-12(11)15(20)18-13-4-2-3-5-14(13)19-7-6-16-10-19/h2-7,10-12,17H,8-9H2,1H3,(H,18,20). The Labute approximate surface area is 118 Å². The SMILES string of the molecule is CC1CNCC1C(=O)Nc1ccccc1-n1ccnc1. The highest BCUT2D eigenvalue weighted by Crippen LogP contribution is 2.23. The van der Waals surface area contributed by atoms with Crippen LogP contribution in [0.5, 0.6) is 0 Å². The number of carbonyl (C=O) groups is 1. The Morgan fingerprint density at radius 3 is 2.95 bits per heavy atom. The van der Waals surface area contributed by atoms with Crippen LogP contribution in [0.1, 0.15) is 6.92 Å². The first kappa shape index (κ1) is 12.9. The van der Waals surface area contributed by atoms with Crippen LogP contribution in [0.25, 0.3) is 5.69 Å². The highest BCUT2D eigenvalue weighted by atomic mass is 16.2. The summed E-state index contributed by atoms with van der Waals surface area (Å²) in [5.74, 6) is 0.483. The summed E-state index contributed by atoms with van der Waals surface area (Å²) in [7, 11) is 0. The summed E-state index contributed by atoms with van der Waals surface area (Å²) in [6, 6.07) is 7.75. The molecule has 1 saturated heterocycles. The third-order valence-electron chi connectivity index (χ3n) is 3.80. The number of anilines is 1. The number of amides is 1. The van der Waals surface area contributed by atoms with E-state index in [1.807, 2.05) is 35.0 Å². The lowest BCUT2D eigenvalue weighted by molar-refractivity contribution is -0.120. The van der Waals surface area contributed by atoms with Crippen LogP contribution in [-0.2, 0) is 4.79 Å². The highest BCUT2D eigenvalue weighted by molar-refractivity contribution is 5.95. The molecule has 5 heteroatoms. The Hall–Kier alpha value is -2.14. The zero-order chi connectivity index (χ0) is 13.9. The van der Waals surface area contributed by atoms with E-state index in [2.05, 4.69) is 22.5 Å². The van der Waals surface area contributed by atoms with Gasteiger partial charge in [0, 0.05) is 18.9 Å². The highest BCUT2D eigenvalue weighted by Gasteiger charge is 2.29. The summed E-state index contributed by atoms with van der Waals surface area (Å²) in [6.07, 6.45) is 5.32. The van der Waals surface area contributed by atoms with Gasteiger partial charge in [-0.05, 0) is 24.6 Å². The van der Waals surface area contributed by atoms with Crippen molar-refractivity contribution in [2.45, 2.75) is 6.92 Å². The van der Waals surface area contributed by atoms with Crippen molar-refractivity contribution in [1.82, 2.24) is 14.9 Å². The van der Waals surface area contributed by atoms with Crippen molar-refractivity contribution in [3.8, 4) is 5.69 Å². The van der Waals surface area contributed by atoms with Crippen molar-refractivity contribution in [3.63, 3.8) is 0 Å². The number of hydrogen-bond acceptors (Lipinski definition) is 3. The number of carbonyl (C=O) groups excluding carboxylic acids is 1.